The first-order valence-corrected chi connectivity index (χ1v) is 19.7. The Kier molecular flexibility index (Phi) is 10.1. The van der Waals surface area contributed by atoms with Gasteiger partial charge in [-0.15, -0.1) is 21.9 Å². The van der Waals surface area contributed by atoms with Crippen molar-refractivity contribution in [1.29, 1.82) is 0 Å². The molecule has 0 unspecified atom stereocenters. The van der Waals surface area contributed by atoms with Gasteiger partial charge in [0.25, 0.3) is 0 Å². The summed E-state index contributed by atoms with van der Waals surface area (Å²) in [6.45, 7) is 6.52. The first kappa shape index (κ1) is 42.4. The number of rotatable bonds is 4. The van der Waals surface area contributed by atoms with E-state index in [1.807, 2.05) is 59.2 Å². The van der Waals surface area contributed by atoms with Gasteiger partial charge < -0.3 is 9.13 Å². The Morgan fingerprint density at radius 3 is 1.13 bits per heavy atom. The Morgan fingerprint density at radius 1 is 0.323 bits per heavy atom. The average Bonchev–Trinajstić information content (AvgIpc) is 3.82. The third-order valence-corrected chi connectivity index (χ3v) is 12.3. The standard InChI is InChI=1S/C46H22B14N2/c1-46(2,3)19-14-12-17(13-15-19)18-8-7-11-21(16-18)62-43-25(27-33(52)35(54)37(56)41(60)45(27)62)29(48)23(31(50)39(43)58)22-28(47)24-26-32(51)34(53)36(55)40(59)44(26)61(20-9-5-4-6-10-20)42(24)38(57)30(22)49/h4-16H,1-3H3. The molecule has 0 amide bonds. The van der Waals surface area contributed by atoms with Gasteiger partial charge in [-0.25, -0.2) is 0 Å². The maximum absolute atomic E-state index is 7.34. The largest absolute Gasteiger partial charge is 0.311 e. The summed E-state index contributed by atoms with van der Waals surface area (Å²) in [5.74, 6) is 0. The molecule has 62 heavy (non-hydrogen) atoms. The highest BCUT2D eigenvalue weighted by atomic mass is 15.0. The number of fused-ring (bicyclic) bond motifs is 6. The van der Waals surface area contributed by atoms with Gasteiger partial charge in [0.05, 0.1) is 0 Å². The second kappa shape index (κ2) is 14.8. The Balaban J connectivity index is 1.41. The normalized spacial score (nSPS) is 12.0. The molecule has 0 atom stereocenters. The number of aromatic nitrogens is 2. The van der Waals surface area contributed by atoms with Gasteiger partial charge in [0, 0.05) is 44.2 Å². The van der Waals surface area contributed by atoms with Crippen LogP contribution in [0.2, 0.25) is 0 Å². The van der Waals surface area contributed by atoms with E-state index < -0.39 is 0 Å². The Hall–Kier alpha value is -4.95. The molecule has 0 saturated carbocycles. The average molecular weight is 754 g/mol. The lowest BCUT2D eigenvalue weighted by Gasteiger charge is -2.25. The third-order valence-electron chi connectivity index (χ3n) is 12.3. The molecule has 0 fully saturated rings. The molecule has 0 aliphatic carbocycles. The van der Waals surface area contributed by atoms with Crippen LogP contribution in [0.15, 0.2) is 78.9 Å². The molecule has 0 saturated heterocycles. The third kappa shape index (κ3) is 5.90. The molecule has 0 aliphatic heterocycles. The molecule has 9 aromatic rings. The number of hydrogen-bond acceptors (Lipinski definition) is 0. The number of para-hydroxylation sites is 1. The summed E-state index contributed by atoms with van der Waals surface area (Å²) in [4.78, 5) is 0. The lowest BCUT2D eigenvalue weighted by atomic mass is 9.61. The van der Waals surface area contributed by atoms with Crippen molar-refractivity contribution >= 4 is 230 Å². The van der Waals surface area contributed by atoms with Crippen molar-refractivity contribution in [3.63, 3.8) is 0 Å². The highest BCUT2D eigenvalue weighted by molar-refractivity contribution is 6.72. The van der Waals surface area contributed by atoms with Gasteiger partial charge in [-0.3, -0.25) is 0 Å². The second-order valence-corrected chi connectivity index (χ2v) is 16.8. The van der Waals surface area contributed by atoms with Crippen LogP contribution in [0.1, 0.15) is 26.3 Å². The van der Waals surface area contributed by atoms with E-state index in [4.69, 9.17) is 110 Å². The summed E-state index contributed by atoms with van der Waals surface area (Å²) < 4.78 is 3.65. The minimum atomic E-state index is -0.0173. The van der Waals surface area contributed by atoms with Gasteiger partial charge in [-0.05, 0) is 68.3 Å². The molecule has 2 nitrogen and oxygen atoms in total. The predicted molar refractivity (Wildman–Crippen MR) is 280 cm³/mol. The smallest absolute Gasteiger partial charge is 0.115 e. The molecule has 2 aromatic heterocycles. The molecule has 16 heteroatoms. The molecule has 0 bridgehead atoms. The van der Waals surface area contributed by atoms with Crippen molar-refractivity contribution in [2.45, 2.75) is 26.2 Å². The number of hydrogen-bond donors (Lipinski definition) is 0. The lowest BCUT2D eigenvalue weighted by Crippen LogP contribution is -2.48. The van der Waals surface area contributed by atoms with E-state index in [9.17, 15) is 0 Å². The molecule has 9 rings (SSSR count). The van der Waals surface area contributed by atoms with Crippen LogP contribution in [0.4, 0.5) is 0 Å². The zero-order valence-electron chi connectivity index (χ0n) is 34.5. The summed E-state index contributed by atoms with van der Waals surface area (Å²) in [7, 11) is 96.3. The SMILES string of the molecule is [B]c1c([B])c([B])c2c(c1[B])c1c([B])c(-c3c([B])c([B])c4c(c3[B])c3c([B])c([B])c([B])c([B])c3n4-c3cccc(-c4ccc(C(C)(C)C)cc4)c3)c([B])c([B])c1n2-c1ccccc1. The van der Waals surface area contributed by atoms with Gasteiger partial charge in [-0.1, -0.05) is 130 Å². The fourth-order valence-corrected chi connectivity index (χ4v) is 9.00. The van der Waals surface area contributed by atoms with Gasteiger partial charge in [-0.2, -0.15) is 0 Å². The summed E-state index contributed by atoms with van der Waals surface area (Å²) in [6, 6.07) is 25.6. The first-order valence-electron chi connectivity index (χ1n) is 19.7. The van der Waals surface area contributed by atoms with Crippen LogP contribution >= 0.6 is 0 Å². The summed E-state index contributed by atoms with van der Waals surface area (Å²) in [6.07, 6.45) is 0. The topological polar surface area (TPSA) is 9.86 Å². The summed E-state index contributed by atoms with van der Waals surface area (Å²) in [5.41, 5.74) is 7.95. The minimum Gasteiger partial charge on any atom is -0.311 e. The maximum atomic E-state index is 7.34. The van der Waals surface area contributed by atoms with Crippen LogP contribution in [-0.4, -0.2) is 119 Å². The van der Waals surface area contributed by atoms with Crippen molar-refractivity contribution in [1.82, 2.24) is 9.13 Å². The zero-order valence-corrected chi connectivity index (χ0v) is 34.5. The second-order valence-electron chi connectivity index (χ2n) is 16.8. The molecule has 7 aromatic carbocycles. The van der Waals surface area contributed by atoms with Gasteiger partial charge in [0.2, 0.25) is 0 Å². The summed E-state index contributed by atoms with van der Waals surface area (Å²) >= 11 is 0. The van der Waals surface area contributed by atoms with E-state index in [1.54, 1.807) is 4.57 Å². The van der Waals surface area contributed by atoms with Crippen LogP contribution in [0.5, 0.6) is 0 Å². The fraction of sp³-hybridized carbons (Fsp3) is 0.0870. The Bertz CT molecular complexity index is 3420. The number of nitrogens with zero attached hydrogens (tertiary/aromatic N) is 2. The van der Waals surface area contributed by atoms with Crippen molar-refractivity contribution in [2.24, 2.45) is 0 Å². The number of benzene rings is 7. The van der Waals surface area contributed by atoms with Gasteiger partial charge in [0.1, 0.15) is 110 Å². The monoisotopic (exact) mass is 756 g/mol. The quantitative estimate of drug-likeness (QED) is 0.161. The van der Waals surface area contributed by atoms with Gasteiger partial charge >= 0.3 is 0 Å². The van der Waals surface area contributed by atoms with E-state index in [2.05, 4.69) is 45.0 Å². The maximum Gasteiger partial charge on any atom is 0.115 e. The Morgan fingerprint density at radius 2 is 0.694 bits per heavy atom. The lowest BCUT2D eigenvalue weighted by molar-refractivity contribution is 0.590. The van der Waals surface area contributed by atoms with Crippen LogP contribution in [-0.2, 0) is 5.41 Å². The first-order chi connectivity index (χ1) is 29.3. The predicted octanol–water partition coefficient (Wildman–Crippen LogP) is -4.37. The fourth-order valence-electron chi connectivity index (χ4n) is 9.00. The molecule has 0 N–H and O–H groups in total. The molecule has 28 radical (unpaired) electrons. The highest BCUT2D eigenvalue weighted by Gasteiger charge is 2.28. The van der Waals surface area contributed by atoms with E-state index in [-0.39, 0.29) is 93.0 Å². The highest BCUT2D eigenvalue weighted by Crippen LogP contribution is 2.34. The van der Waals surface area contributed by atoms with Crippen LogP contribution < -0.4 is 76.5 Å². The molecular formula is C46H22B14N2. The molecule has 258 valence electrons. The van der Waals surface area contributed by atoms with Crippen LogP contribution in [0.25, 0.3) is 77.2 Å². The Labute approximate surface area is 381 Å². The van der Waals surface area contributed by atoms with E-state index in [0.29, 0.717) is 55.0 Å². The zero-order chi connectivity index (χ0) is 44.6. The molecular weight excluding hydrogens is 732 g/mol. The molecule has 2 heterocycles. The van der Waals surface area contributed by atoms with E-state index in [1.165, 1.54) is 5.56 Å². The van der Waals surface area contributed by atoms with Crippen molar-refractivity contribution < 1.29 is 0 Å². The summed E-state index contributed by atoms with van der Waals surface area (Å²) in [5, 5.41) is 1.55. The van der Waals surface area contributed by atoms with Crippen molar-refractivity contribution in [3.8, 4) is 33.6 Å². The van der Waals surface area contributed by atoms with Crippen LogP contribution in [0, 0.1) is 0 Å². The molecule has 0 aliphatic rings. The van der Waals surface area contributed by atoms with Gasteiger partial charge in [0.15, 0.2) is 0 Å². The van der Waals surface area contributed by atoms with E-state index in [0.717, 1.165) is 11.1 Å². The molecule has 0 spiro atoms. The van der Waals surface area contributed by atoms with Crippen LogP contribution in [0.3, 0.4) is 0 Å². The van der Waals surface area contributed by atoms with E-state index >= 15 is 0 Å². The minimum absolute atomic E-state index is 0.0173. The van der Waals surface area contributed by atoms with Crippen molar-refractivity contribution in [3.05, 3.63) is 84.4 Å². The van der Waals surface area contributed by atoms with Crippen molar-refractivity contribution in [2.75, 3.05) is 0 Å².